The molecule has 2 nitrogen and oxygen atoms in total. The summed E-state index contributed by atoms with van der Waals surface area (Å²) in [5.74, 6) is 1.54. The number of hydrogen-bond donors (Lipinski definition) is 0. The molecule has 0 amide bonds. The van der Waals surface area contributed by atoms with Crippen molar-refractivity contribution in [3.05, 3.63) is 46.4 Å². The van der Waals surface area contributed by atoms with E-state index < -0.39 is 0 Å². The highest BCUT2D eigenvalue weighted by atomic mass is 35.5. The van der Waals surface area contributed by atoms with Gasteiger partial charge in [-0.1, -0.05) is 44.8 Å². The normalized spacial score (nSPS) is 10.4. The second kappa shape index (κ2) is 7.36. The summed E-state index contributed by atoms with van der Waals surface area (Å²) in [7, 11) is 6.31. The van der Waals surface area contributed by atoms with E-state index in [4.69, 9.17) is 32.7 Å². The monoisotopic (exact) mass is 346 g/mol. The summed E-state index contributed by atoms with van der Waals surface area (Å²) in [6.07, 6.45) is 0. The molecule has 0 saturated carbocycles. The zero-order valence-corrected chi connectivity index (χ0v) is 14.0. The third-order valence-electron chi connectivity index (χ3n) is 2.50. The number of rotatable bonds is 5. The molecule has 0 saturated heterocycles. The van der Waals surface area contributed by atoms with E-state index in [2.05, 4.69) is 0 Å². The summed E-state index contributed by atoms with van der Waals surface area (Å²) in [5, 5.41) is 1.37. The van der Waals surface area contributed by atoms with Gasteiger partial charge in [-0.15, -0.1) is 0 Å². The fraction of sp³-hybridized carbons (Fsp3) is 0.143. The average Bonchev–Trinajstić information content (AvgIpc) is 2.48. The molecular formula is C14H12Cl2O2S2. The fourth-order valence-corrected chi connectivity index (χ4v) is 4.35. The molecule has 2 aromatic rings. The third-order valence-corrected chi connectivity index (χ3v) is 5.83. The lowest BCUT2D eigenvalue weighted by Gasteiger charge is -2.08. The maximum Gasteiger partial charge on any atom is 0.120 e. The van der Waals surface area contributed by atoms with Crippen LogP contribution in [-0.2, 0) is 0 Å². The molecule has 0 aliphatic heterocycles. The Morgan fingerprint density at radius 3 is 1.50 bits per heavy atom. The second-order valence-electron chi connectivity index (χ2n) is 3.76. The van der Waals surface area contributed by atoms with Crippen LogP contribution in [-0.4, -0.2) is 14.2 Å². The predicted molar refractivity (Wildman–Crippen MR) is 87.7 cm³/mol. The van der Waals surface area contributed by atoms with Crippen LogP contribution >= 0.6 is 44.8 Å². The molecule has 0 spiro atoms. The Morgan fingerprint density at radius 1 is 0.750 bits per heavy atom. The van der Waals surface area contributed by atoms with Gasteiger partial charge in [-0.2, -0.15) is 0 Å². The minimum absolute atomic E-state index is 0.683. The second-order valence-corrected chi connectivity index (χ2v) is 6.79. The van der Waals surface area contributed by atoms with Crippen molar-refractivity contribution in [3.63, 3.8) is 0 Å². The molecule has 6 heteroatoms. The molecule has 0 aliphatic carbocycles. The smallest absolute Gasteiger partial charge is 0.120 e. The van der Waals surface area contributed by atoms with Crippen LogP contribution in [0.15, 0.2) is 46.2 Å². The van der Waals surface area contributed by atoms with Crippen LogP contribution in [0.4, 0.5) is 0 Å². The molecule has 0 aliphatic rings. The molecule has 0 unspecified atom stereocenters. The van der Waals surface area contributed by atoms with Crippen molar-refractivity contribution in [3.8, 4) is 11.5 Å². The van der Waals surface area contributed by atoms with Crippen LogP contribution in [0.1, 0.15) is 0 Å². The highest BCUT2D eigenvalue weighted by Crippen LogP contribution is 2.45. The van der Waals surface area contributed by atoms with Gasteiger partial charge < -0.3 is 9.47 Å². The number of ether oxygens (including phenoxy) is 2. The van der Waals surface area contributed by atoms with E-state index in [1.165, 1.54) is 21.6 Å². The zero-order valence-electron chi connectivity index (χ0n) is 10.9. The van der Waals surface area contributed by atoms with Crippen molar-refractivity contribution in [1.29, 1.82) is 0 Å². The van der Waals surface area contributed by atoms with E-state index in [0.29, 0.717) is 10.0 Å². The maximum atomic E-state index is 6.17. The molecule has 20 heavy (non-hydrogen) atoms. The predicted octanol–water partition coefficient (Wildman–Crippen LogP) is 5.81. The molecule has 2 rings (SSSR count). The molecule has 2 aromatic carbocycles. The number of methoxy groups -OCH3 is 2. The van der Waals surface area contributed by atoms with Crippen molar-refractivity contribution in [2.75, 3.05) is 14.2 Å². The van der Waals surface area contributed by atoms with Gasteiger partial charge in [-0.25, -0.2) is 0 Å². The van der Waals surface area contributed by atoms with E-state index in [1.54, 1.807) is 14.2 Å². The fourth-order valence-electron chi connectivity index (χ4n) is 1.44. The van der Waals surface area contributed by atoms with Gasteiger partial charge in [-0.3, -0.25) is 0 Å². The minimum atomic E-state index is 0.683. The van der Waals surface area contributed by atoms with Gasteiger partial charge in [0, 0.05) is 9.79 Å². The van der Waals surface area contributed by atoms with Crippen molar-refractivity contribution >= 4 is 44.8 Å². The molecule has 0 N–H and O–H groups in total. The topological polar surface area (TPSA) is 18.5 Å². The summed E-state index contributed by atoms with van der Waals surface area (Å²) in [5.41, 5.74) is 0. The first-order valence-electron chi connectivity index (χ1n) is 5.65. The molecule has 0 atom stereocenters. The molecule has 106 valence electrons. The lowest BCUT2D eigenvalue weighted by molar-refractivity contribution is 0.413. The summed E-state index contributed by atoms with van der Waals surface area (Å²) >= 11 is 12.3. The lowest BCUT2D eigenvalue weighted by Crippen LogP contribution is -1.84. The van der Waals surface area contributed by atoms with E-state index in [9.17, 15) is 0 Å². The highest BCUT2D eigenvalue weighted by Gasteiger charge is 2.08. The number of benzene rings is 2. The van der Waals surface area contributed by atoms with Gasteiger partial charge in [0.1, 0.15) is 11.5 Å². The van der Waals surface area contributed by atoms with Crippen LogP contribution < -0.4 is 9.47 Å². The van der Waals surface area contributed by atoms with Crippen molar-refractivity contribution in [1.82, 2.24) is 0 Å². The molecular weight excluding hydrogens is 335 g/mol. The van der Waals surface area contributed by atoms with Gasteiger partial charge in [0.25, 0.3) is 0 Å². The van der Waals surface area contributed by atoms with Crippen LogP contribution in [0.2, 0.25) is 10.0 Å². The van der Waals surface area contributed by atoms with Crippen molar-refractivity contribution in [2.45, 2.75) is 9.79 Å². The number of hydrogen-bond acceptors (Lipinski definition) is 4. The molecule has 0 aromatic heterocycles. The van der Waals surface area contributed by atoms with Gasteiger partial charge in [0.15, 0.2) is 0 Å². The Balaban J connectivity index is 2.16. The van der Waals surface area contributed by atoms with E-state index in [0.717, 1.165) is 21.3 Å². The summed E-state index contributed by atoms with van der Waals surface area (Å²) in [4.78, 5) is 1.85. The van der Waals surface area contributed by atoms with Gasteiger partial charge >= 0.3 is 0 Å². The molecule has 0 radical (unpaired) electrons. The van der Waals surface area contributed by atoms with Gasteiger partial charge in [0.05, 0.1) is 24.3 Å². The Hall–Kier alpha value is -0.680. The molecule has 0 bridgehead atoms. The number of halogens is 2. The van der Waals surface area contributed by atoms with Crippen molar-refractivity contribution in [2.24, 2.45) is 0 Å². The largest absolute Gasteiger partial charge is 0.497 e. The summed E-state index contributed by atoms with van der Waals surface area (Å²) < 4.78 is 10.4. The molecule has 0 fully saturated rings. The highest BCUT2D eigenvalue weighted by molar-refractivity contribution is 8.76. The van der Waals surface area contributed by atoms with E-state index in [1.807, 2.05) is 36.4 Å². The first kappa shape index (κ1) is 15.7. The van der Waals surface area contributed by atoms with Crippen LogP contribution in [0.3, 0.4) is 0 Å². The van der Waals surface area contributed by atoms with Gasteiger partial charge in [-0.05, 0) is 36.4 Å². The van der Waals surface area contributed by atoms with E-state index in [-0.39, 0.29) is 0 Å². The van der Waals surface area contributed by atoms with Crippen molar-refractivity contribution < 1.29 is 9.47 Å². The lowest BCUT2D eigenvalue weighted by atomic mass is 10.3. The summed E-state index contributed by atoms with van der Waals surface area (Å²) in [6.45, 7) is 0. The maximum absolute atomic E-state index is 6.17. The SMILES string of the molecule is COc1ccc(Cl)c(SSc2cc(OC)ccc2Cl)c1. The first-order valence-corrected chi connectivity index (χ1v) is 8.56. The Labute approximate surface area is 136 Å². The van der Waals surface area contributed by atoms with E-state index >= 15 is 0 Å². The summed E-state index contributed by atoms with van der Waals surface area (Å²) in [6, 6.07) is 11.1. The third kappa shape index (κ3) is 3.92. The van der Waals surface area contributed by atoms with Gasteiger partial charge in [0.2, 0.25) is 0 Å². The van der Waals surface area contributed by atoms with Crippen LogP contribution in [0.25, 0.3) is 0 Å². The zero-order chi connectivity index (χ0) is 14.5. The Morgan fingerprint density at radius 2 is 1.15 bits per heavy atom. The standard InChI is InChI=1S/C14H12Cl2O2S2/c1-17-9-3-5-11(15)13(7-9)19-20-14-8-10(18-2)4-6-12(14)16/h3-8H,1-2H3. The first-order chi connectivity index (χ1) is 9.63. The Bertz CT molecular complexity index is 552. The average molecular weight is 347 g/mol. The molecule has 0 heterocycles. The van der Waals surface area contributed by atoms with Crippen LogP contribution in [0, 0.1) is 0 Å². The minimum Gasteiger partial charge on any atom is -0.497 e. The quantitative estimate of drug-likeness (QED) is 0.635. The Kier molecular flexibility index (Phi) is 5.78. The van der Waals surface area contributed by atoms with Crippen LogP contribution in [0.5, 0.6) is 11.5 Å².